The topological polar surface area (TPSA) is 62.7 Å². The molecule has 6 nitrogen and oxygen atoms in total. The molecule has 0 N–H and O–H groups in total. The van der Waals surface area contributed by atoms with Gasteiger partial charge in [0.1, 0.15) is 6.33 Å². The van der Waals surface area contributed by atoms with Gasteiger partial charge >= 0.3 is 7.12 Å². The molecular formula is C22H25BN2O4. The lowest BCUT2D eigenvalue weighted by Crippen LogP contribution is -2.41. The van der Waals surface area contributed by atoms with Gasteiger partial charge in [0.2, 0.25) is 0 Å². The van der Waals surface area contributed by atoms with Gasteiger partial charge in [-0.3, -0.25) is 0 Å². The minimum Gasteiger partial charge on any atom is -0.493 e. The summed E-state index contributed by atoms with van der Waals surface area (Å²) in [4.78, 5) is 8.96. The fourth-order valence-corrected chi connectivity index (χ4v) is 3.41. The van der Waals surface area contributed by atoms with Crippen molar-refractivity contribution >= 4 is 23.5 Å². The number of ether oxygens (including phenoxy) is 2. The van der Waals surface area contributed by atoms with Crippen LogP contribution in [0.3, 0.4) is 0 Å². The molecule has 0 atom stereocenters. The molecule has 1 aliphatic heterocycles. The lowest BCUT2D eigenvalue weighted by molar-refractivity contribution is 0.00578. The third-order valence-corrected chi connectivity index (χ3v) is 5.84. The minimum atomic E-state index is -0.442. The number of methoxy groups -OCH3 is 2. The first-order chi connectivity index (χ1) is 13.8. The number of aromatic nitrogens is 2. The van der Waals surface area contributed by atoms with Gasteiger partial charge in [0, 0.05) is 10.9 Å². The summed E-state index contributed by atoms with van der Waals surface area (Å²) in [6.07, 6.45) is 1.57. The number of rotatable bonds is 4. The summed E-state index contributed by atoms with van der Waals surface area (Å²) in [6, 6.07) is 11.8. The van der Waals surface area contributed by atoms with Gasteiger partial charge in [0.05, 0.1) is 36.6 Å². The Kier molecular flexibility index (Phi) is 4.75. The molecule has 0 unspecified atom stereocenters. The van der Waals surface area contributed by atoms with Crippen LogP contribution in [0.1, 0.15) is 27.7 Å². The van der Waals surface area contributed by atoms with Gasteiger partial charge in [-0.1, -0.05) is 12.1 Å². The van der Waals surface area contributed by atoms with E-state index in [4.69, 9.17) is 18.8 Å². The average Bonchev–Trinajstić information content (AvgIpc) is 2.93. The average molecular weight is 392 g/mol. The summed E-state index contributed by atoms with van der Waals surface area (Å²) in [5, 5.41) is 0.923. The Morgan fingerprint density at radius 3 is 2.17 bits per heavy atom. The van der Waals surface area contributed by atoms with Gasteiger partial charge in [-0.2, -0.15) is 0 Å². The molecule has 0 bridgehead atoms. The highest BCUT2D eigenvalue weighted by Gasteiger charge is 2.51. The highest BCUT2D eigenvalue weighted by Crippen LogP contribution is 2.37. The number of benzene rings is 2. The van der Waals surface area contributed by atoms with E-state index in [2.05, 4.69) is 9.97 Å². The van der Waals surface area contributed by atoms with Crippen LogP contribution in [-0.2, 0) is 9.31 Å². The van der Waals surface area contributed by atoms with E-state index < -0.39 is 18.3 Å². The lowest BCUT2D eigenvalue weighted by atomic mass is 9.78. The van der Waals surface area contributed by atoms with Crippen molar-refractivity contribution in [2.75, 3.05) is 14.2 Å². The van der Waals surface area contributed by atoms with Crippen LogP contribution in [-0.4, -0.2) is 42.5 Å². The molecule has 150 valence electrons. The highest BCUT2D eigenvalue weighted by atomic mass is 16.7. The molecule has 3 aromatic rings. The predicted octanol–water partition coefficient (Wildman–Crippen LogP) is 3.61. The van der Waals surface area contributed by atoms with E-state index in [1.54, 1.807) is 20.5 Å². The van der Waals surface area contributed by atoms with E-state index in [1.165, 1.54) is 0 Å². The Balaban J connectivity index is 1.80. The molecule has 29 heavy (non-hydrogen) atoms. The summed E-state index contributed by atoms with van der Waals surface area (Å²) in [5.74, 6) is 1.33. The van der Waals surface area contributed by atoms with Crippen LogP contribution in [0.5, 0.6) is 11.5 Å². The minimum absolute atomic E-state index is 0.397. The summed E-state index contributed by atoms with van der Waals surface area (Å²) in [7, 11) is 2.80. The maximum atomic E-state index is 6.21. The van der Waals surface area contributed by atoms with Crippen molar-refractivity contribution in [2.45, 2.75) is 38.9 Å². The van der Waals surface area contributed by atoms with E-state index in [0.29, 0.717) is 11.5 Å². The molecular weight excluding hydrogens is 367 g/mol. The first-order valence-electron chi connectivity index (χ1n) is 9.58. The monoisotopic (exact) mass is 392 g/mol. The SMILES string of the molecule is COc1ccc(-c2ncnc3ccc(B4OC(C)(C)C(C)(C)O4)cc23)cc1OC. The van der Waals surface area contributed by atoms with E-state index in [1.807, 2.05) is 64.1 Å². The van der Waals surface area contributed by atoms with Crippen molar-refractivity contribution < 1.29 is 18.8 Å². The highest BCUT2D eigenvalue weighted by molar-refractivity contribution is 6.62. The Labute approximate surface area is 171 Å². The Bertz CT molecular complexity index is 1050. The standard InChI is InChI=1S/C22H25BN2O4/c1-21(2)22(3,4)29-23(28-21)15-8-9-17-16(12-15)20(25-13-24-17)14-7-10-18(26-5)19(11-14)27-6/h7-13H,1-6H3. The molecule has 1 fully saturated rings. The molecule has 0 spiro atoms. The van der Waals surface area contributed by atoms with Crippen molar-refractivity contribution in [3.8, 4) is 22.8 Å². The van der Waals surface area contributed by atoms with Gasteiger partial charge in [-0.25, -0.2) is 9.97 Å². The molecule has 2 aromatic carbocycles. The second-order valence-electron chi connectivity index (χ2n) is 8.16. The largest absolute Gasteiger partial charge is 0.494 e. The van der Waals surface area contributed by atoms with Crippen molar-refractivity contribution in [3.05, 3.63) is 42.7 Å². The van der Waals surface area contributed by atoms with Gasteiger partial charge in [-0.15, -0.1) is 0 Å². The smallest absolute Gasteiger partial charge is 0.493 e. The molecule has 1 aromatic heterocycles. The van der Waals surface area contributed by atoms with Crippen LogP contribution < -0.4 is 14.9 Å². The summed E-state index contributed by atoms with van der Waals surface area (Å²) < 4.78 is 23.2. The zero-order chi connectivity index (χ0) is 20.8. The molecule has 7 heteroatoms. The third-order valence-electron chi connectivity index (χ3n) is 5.84. The van der Waals surface area contributed by atoms with Crippen LogP contribution in [0.2, 0.25) is 0 Å². The molecule has 1 saturated heterocycles. The number of hydrogen-bond donors (Lipinski definition) is 0. The molecule has 4 rings (SSSR count). The second-order valence-corrected chi connectivity index (χ2v) is 8.16. The van der Waals surface area contributed by atoms with Gasteiger partial charge in [0.25, 0.3) is 0 Å². The summed E-state index contributed by atoms with van der Waals surface area (Å²) >= 11 is 0. The first-order valence-corrected chi connectivity index (χ1v) is 9.58. The maximum absolute atomic E-state index is 6.21. The number of fused-ring (bicyclic) bond motifs is 1. The van der Waals surface area contributed by atoms with Crippen LogP contribution in [0, 0.1) is 0 Å². The number of hydrogen-bond acceptors (Lipinski definition) is 6. The predicted molar refractivity (Wildman–Crippen MR) is 114 cm³/mol. The molecule has 2 heterocycles. The number of nitrogens with zero attached hydrogens (tertiary/aromatic N) is 2. The normalized spacial score (nSPS) is 17.5. The Morgan fingerprint density at radius 2 is 1.52 bits per heavy atom. The first kappa shape index (κ1) is 19.7. The van der Waals surface area contributed by atoms with Crippen LogP contribution in [0.4, 0.5) is 0 Å². The summed E-state index contributed by atoms with van der Waals surface area (Å²) in [6.45, 7) is 8.19. The summed E-state index contributed by atoms with van der Waals surface area (Å²) in [5.41, 5.74) is 2.73. The Hall–Kier alpha value is -2.64. The van der Waals surface area contributed by atoms with Crippen LogP contribution >= 0.6 is 0 Å². The van der Waals surface area contributed by atoms with Crippen molar-refractivity contribution in [3.63, 3.8) is 0 Å². The molecule has 0 aliphatic carbocycles. The van der Waals surface area contributed by atoms with Crippen LogP contribution in [0.15, 0.2) is 42.7 Å². The molecule has 1 aliphatic rings. The van der Waals surface area contributed by atoms with Gasteiger partial charge in [0.15, 0.2) is 11.5 Å². The van der Waals surface area contributed by atoms with E-state index in [0.717, 1.165) is 27.6 Å². The van der Waals surface area contributed by atoms with E-state index in [9.17, 15) is 0 Å². The van der Waals surface area contributed by atoms with Crippen molar-refractivity contribution in [1.29, 1.82) is 0 Å². The maximum Gasteiger partial charge on any atom is 0.494 e. The van der Waals surface area contributed by atoms with Gasteiger partial charge in [-0.05, 0) is 57.4 Å². The van der Waals surface area contributed by atoms with Crippen LogP contribution in [0.25, 0.3) is 22.2 Å². The quantitative estimate of drug-likeness (QED) is 0.632. The molecule has 0 amide bonds. The van der Waals surface area contributed by atoms with Crippen molar-refractivity contribution in [1.82, 2.24) is 9.97 Å². The third kappa shape index (κ3) is 3.34. The zero-order valence-corrected chi connectivity index (χ0v) is 17.6. The Morgan fingerprint density at radius 1 is 0.828 bits per heavy atom. The van der Waals surface area contributed by atoms with Crippen molar-refractivity contribution in [2.24, 2.45) is 0 Å². The van der Waals surface area contributed by atoms with E-state index in [-0.39, 0.29) is 0 Å². The fourth-order valence-electron chi connectivity index (χ4n) is 3.41. The van der Waals surface area contributed by atoms with Gasteiger partial charge < -0.3 is 18.8 Å². The second kappa shape index (κ2) is 7.00. The molecule has 0 saturated carbocycles. The molecule has 0 radical (unpaired) electrons. The fraction of sp³-hybridized carbons (Fsp3) is 0.364. The lowest BCUT2D eigenvalue weighted by Gasteiger charge is -2.32. The van der Waals surface area contributed by atoms with E-state index >= 15 is 0 Å². The zero-order valence-electron chi connectivity index (χ0n) is 17.6.